The number of nitrogens with zero attached hydrogens (tertiary/aromatic N) is 2. The van der Waals surface area contributed by atoms with Crippen molar-refractivity contribution < 1.29 is 5.11 Å². The first-order chi connectivity index (χ1) is 8.26. The van der Waals surface area contributed by atoms with E-state index in [0.717, 1.165) is 29.7 Å². The number of aliphatic hydroxyl groups is 1. The first-order valence-electron chi connectivity index (χ1n) is 5.94. The van der Waals surface area contributed by atoms with Gasteiger partial charge in [0.15, 0.2) is 0 Å². The number of hydrogen-bond acceptors (Lipinski definition) is 2. The van der Waals surface area contributed by atoms with Gasteiger partial charge in [0.2, 0.25) is 0 Å². The van der Waals surface area contributed by atoms with Crippen molar-refractivity contribution in [1.82, 2.24) is 9.55 Å². The molecule has 0 amide bonds. The summed E-state index contributed by atoms with van der Waals surface area (Å²) in [6.07, 6.45) is 1.44. The fourth-order valence-electron chi connectivity index (χ4n) is 2.00. The Balaban J connectivity index is 2.44. The molecule has 0 saturated heterocycles. The maximum absolute atomic E-state index is 9.70. The number of para-hydroxylation sites is 2. The second-order valence-corrected chi connectivity index (χ2v) is 4.49. The molecule has 0 spiro atoms. The lowest BCUT2D eigenvalue weighted by Crippen LogP contribution is -2.19. The number of alkyl halides is 1. The highest BCUT2D eigenvalue weighted by Gasteiger charge is 2.12. The minimum Gasteiger partial charge on any atom is -0.390 e. The standard InChI is InChI=1S/C13H17ClN2O/c1-2-5-13-15-11-6-3-4-7-12(11)16(13)9-10(17)8-14/h3-4,6-7,10,17H,2,5,8-9H2,1H3. The van der Waals surface area contributed by atoms with E-state index in [2.05, 4.69) is 16.5 Å². The van der Waals surface area contributed by atoms with E-state index in [9.17, 15) is 5.11 Å². The first-order valence-corrected chi connectivity index (χ1v) is 6.48. The molecule has 0 radical (unpaired) electrons. The molecule has 17 heavy (non-hydrogen) atoms. The lowest BCUT2D eigenvalue weighted by molar-refractivity contribution is 0.177. The van der Waals surface area contributed by atoms with Gasteiger partial charge >= 0.3 is 0 Å². The molecule has 0 aliphatic rings. The van der Waals surface area contributed by atoms with Gasteiger partial charge in [0.05, 0.1) is 29.6 Å². The third-order valence-corrected chi connectivity index (χ3v) is 3.13. The summed E-state index contributed by atoms with van der Waals surface area (Å²) in [7, 11) is 0. The van der Waals surface area contributed by atoms with Crippen LogP contribution in [0.15, 0.2) is 24.3 Å². The van der Waals surface area contributed by atoms with Crippen molar-refractivity contribution >= 4 is 22.6 Å². The van der Waals surface area contributed by atoms with Gasteiger partial charge in [0.1, 0.15) is 5.82 Å². The molecule has 2 rings (SSSR count). The Morgan fingerprint density at radius 2 is 2.18 bits per heavy atom. The zero-order valence-electron chi connectivity index (χ0n) is 9.93. The average Bonchev–Trinajstić information content (AvgIpc) is 2.68. The Morgan fingerprint density at radius 1 is 1.41 bits per heavy atom. The van der Waals surface area contributed by atoms with Crippen molar-refractivity contribution in [3.8, 4) is 0 Å². The molecule has 4 heteroatoms. The highest BCUT2D eigenvalue weighted by molar-refractivity contribution is 6.18. The topological polar surface area (TPSA) is 38.0 Å². The van der Waals surface area contributed by atoms with Gasteiger partial charge in [-0.15, -0.1) is 11.6 Å². The molecule has 0 bridgehead atoms. The van der Waals surface area contributed by atoms with Crippen molar-refractivity contribution in [3.63, 3.8) is 0 Å². The van der Waals surface area contributed by atoms with E-state index >= 15 is 0 Å². The summed E-state index contributed by atoms with van der Waals surface area (Å²) in [5.74, 6) is 1.27. The van der Waals surface area contributed by atoms with E-state index < -0.39 is 6.10 Å². The van der Waals surface area contributed by atoms with Crippen molar-refractivity contribution in [2.45, 2.75) is 32.4 Å². The Labute approximate surface area is 106 Å². The molecule has 2 aromatic rings. The number of fused-ring (bicyclic) bond motifs is 1. The number of halogens is 1. The fraction of sp³-hybridized carbons (Fsp3) is 0.462. The monoisotopic (exact) mass is 252 g/mol. The van der Waals surface area contributed by atoms with Gasteiger partial charge in [-0.05, 0) is 18.6 Å². The van der Waals surface area contributed by atoms with Crippen LogP contribution in [0.3, 0.4) is 0 Å². The van der Waals surface area contributed by atoms with Gasteiger partial charge in [-0.25, -0.2) is 4.98 Å². The van der Waals surface area contributed by atoms with Crippen LogP contribution in [0.1, 0.15) is 19.2 Å². The molecular formula is C13H17ClN2O. The van der Waals surface area contributed by atoms with Gasteiger partial charge in [0.25, 0.3) is 0 Å². The van der Waals surface area contributed by atoms with Gasteiger partial charge in [0, 0.05) is 6.42 Å². The van der Waals surface area contributed by atoms with Gasteiger partial charge in [-0.1, -0.05) is 19.1 Å². The molecular weight excluding hydrogens is 236 g/mol. The smallest absolute Gasteiger partial charge is 0.109 e. The van der Waals surface area contributed by atoms with Crippen LogP contribution in [-0.2, 0) is 13.0 Å². The number of benzene rings is 1. The summed E-state index contributed by atoms with van der Waals surface area (Å²) in [6, 6.07) is 8.00. The van der Waals surface area contributed by atoms with Crippen LogP contribution in [0.2, 0.25) is 0 Å². The van der Waals surface area contributed by atoms with E-state index in [1.54, 1.807) is 0 Å². The Bertz CT molecular complexity index is 495. The SMILES string of the molecule is CCCc1nc2ccccc2n1CC(O)CCl. The van der Waals surface area contributed by atoms with Crippen molar-refractivity contribution in [3.05, 3.63) is 30.1 Å². The number of aromatic nitrogens is 2. The number of aliphatic hydroxyl groups excluding tert-OH is 1. The molecule has 1 heterocycles. The average molecular weight is 253 g/mol. The molecule has 1 aromatic carbocycles. The number of rotatable bonds is 5. The maximum atomic E-state index is 9.70. The molecule has 1 aromatic heterocycles. The summed E-state index contributed by atoms with van der Waals surface area (Å²) in [5, 5.41) is 9.70. The molecule has 1 atom stereocenters. The van der Waals surface area contributed by atoms with E-state index in [-0.39, 0.29) is 5.88 Å². The number of imidazole rings is 1. The highest BCUT2D eigenvalue weighted by Crippen LogP contribution is 2.17. The lowest BCUT2D eigenvalue weighted by Gasteiger charge is -2.12. The Kier molecular flexibility index (Phi) is 4.02. The molecule has 0 aliphatic carbocycles. The third kappa shape index (κ3) is 2.61. The van der Waals surface area contributed by atoms with Crippen LogP contribution in [-0.4, -0.2) is 26.6 Å². The molecule has 1 N–H and O–H groups in total. The van der Waals surface area contributed by atoms with Crippen LogP contribution in [0.4, 0.5) is 0 Å². The van der Waals surface area contributed by atoms with Crippen LogP contribution >= 0.6 is 11.6 Å². The molecule has 0 aliphatic heterocycles. The Hall–Kier alpha value is -1.06. The van der Waals surface area contributed by atoms with Crippen molar-refractivity contribution in [2.75, 3.05) is 5.88 Å². The van der Waals surface area contributed by atoms with Gasteiger partial charge < -0.3 is 9.67 Å². The van der Waals surface area contributed by atoms with E-state index in [1.165, 1.54) is 0 Å². The van der Waals surface area contributed by atoms with Crippen LogP contribution in [0.5, 0.6) is 0 Å². The van der Waals surface area contributed by atoms with Crippen molar-refractivity contribution in [1.29, 1.82) is 0 Å². The van der Waals surface area contributed by atoms with E-state index in [0.29, 0.717) is 6.54 Å². The predicted octanol–water partition coefficient (Wildman–Crippen LogP) is 2.59. The summed E-state index contributed by atoms with van der Waals surface area (Å²) < 4.78 is 2.08. The largest absolute Gasteiger partial charge is 0.390 e. The minimum absolute atomic E-state index is 0.248. The van der Waals surface area contributed by atoms with Crippen LogP contribution in [0.25, 0.3) is 11.0 Å². The van der Waals surface area contributed by atoms with Gasteiger partial charge in [-0.2, -0.15) is 0 Å². The van der Waals surface area contributed by atoms with Crippen LogP contribution < -0.4 is 0 Å². The van der Waals surface area contributed by atoms with Gasteiger partial charge in [-0.3, -0.25) is 0 Å². The minimum atomic E-state index is -0.523. The summed E-state index contributed by atoms with van der Waals surface area (Å²) in [5.41, 5.74) is 2.05. The molecule has 92 valence electrons. The number of hydrogen-bond donors (Lipinski definition) is 1. The maximum Gasteiger partial charge on any atom is 0.109 e. The first kappa shape index (κ1) is 12.4. The third-order valence-electron chi connectivity index (χ3n) is 2.78. The molecule has 3 nitrogen and oxygen atoms in total. The van der Waals surface area contributed by atoms with E-state index in [1.807, 2.05) is 24.3 Å². The molecule has 0 saturated carbocycles. The second kappa shape index (κ2) is 5.52. The quantitative estimate of drug-likeness (QED) is 0.831. The predicted molar refractivity (Wildman–Crippen MR) is 70.5 cm³/mol. The zero-order valence-corrected chi connectivity index (χ0v) is 10.7. The molecule has 0 fully saturated rings. The molecule has 1 unspecified atom stereocenters. The van der Waals surface area contributed by atoms with Crippen LogP contribution in [0, 0.1) is 0 Å². The second-order valence-electron chi connectivity index (χ2n) is 4.19. The fourth-order valence-corrected chi connectivity index (χ4v) is 2.10. The van der Waals surface area contributed by atoms with E-state index in [4.69, 9.17) is 11.6 Å². The Morgan fingerprint density at radius 3 is 2.88 bits per heavy atom. The van der Waals surface area contributed by atoms with Crippen molar-refractivity contribution in [2.24, 2.45) is 0 Å². The highest BCUT2D eigenvalue weighted by atomic mass is 35.5. The lowest BCUT2D eigenvalue weighted by atomic mass is 10.3. The zero-order chi connectivity index (χ0) is 12.3. The normalized spacial score (nSPS) is 13.1. The number of aryl methyl sites for hydroxylation is 1. The summed E-state index contributed by atoms with van der Waals surface area (Å²) >= 11 is 5.67. The summed E-state index contributed by atoms with van der Waals surface area (Å²) in [6.45, 7) is 2.64. The summed E-state index contributed by atoms with van der Waals surface area (Å²) in [4.78, 5) is 4.60.